The zero-order valence-electron chi connectivity index (χ0n) is 11.3. The van der Waals surface area contributed by atoms with Crippen LogP contribution in [-0.2, 0) is 6.61 Å². The largest absolute Gasteiger partial charge is 0.485 e. The summed E-state index contributed by atoms with van der Waals surface area (Å²) in [5.74, 6) is 1.95. The van der Waals surface area contributed by atoms with Crippen LogP contribution in [0.25, 0.3) is 0 Å². The number of rotatable bonds is 7. The molecule has 1 aromatic heterocycles. The third-order valence-electron chi connectivity index (χ3n) is 2.67. The van der Waals surface area contributed by atoms with Crippen molar-refractivity contribution in [2.75, 3.05) is 6.54 Å². The van der Waals surface area contributed by atoms with Gasteiger partial charge in [-0.3, -0.25) is 0 Å². The fourth-order valence-corrected chi connectivity index (χ4v) is 1.61. The molecule has 2 rings (SSSR count). The summed E-state index contributed by atoms with van der Waals surface area (Å²) < 4.78 is 10.8. The van der Waals surface area contributed by atoms with Crippen LogP contribution in [0.4, 0.5) is 0 Å². The van der Waals surface area contributed by atoms with E-state index in [1.54, 1.807) is 0 Å². The van der Waals surface area contributed by atoms with Crippen LogP contribution in [-0.4, -0.2) is 16.7 Å². The average Bonchev–Trinajstić information content (AvgIpc) is 2.92. The van der Waals surface area contributed by atoms with Gasteiger partial charge >= 0.3 is 0 Å². The zero-order valence-corrected chi connectivity index (χ0v) is 11.3. The van der Waals surface area contributed by atoms with Crippen LogP contribution in [0.3, 0.4) is 0 Å². The molecule has 0 fully saturated rings. The van der Waals surface area contributed by atoms with E-state index in [0.717, 1.165) is 18.7 Å². The molecule has 0 aliphatic heterocycles. The van der Waals surface area contributed by atoms with Gasteiger partial charge in [0, 0.05) is 0 Å². The van der Waals surface area contributed by atoms with Crippen LogP contribution < -0.4 is 10.1 Å². The molecule has 0 radical (unpaired) electrons. The van der Waals surface area contributed by atoms with Gasteiger partial charge in [-0.1, -0.05) is 30.3 Å². The van der Waals surface area contributed by atoms with Gasteiger partial charge in [0.25, 0.3) is 0 Å². The van der Waals surface area contributed by atoms with Crippen LogP contribution in [0.2, 0.25) is 0 Å². The molecule has 1 N–H and O–H groups in total. The van der Waals surface area contributed by atoms with Crippen molar-refractivity contribution in [3.63, 3.8) is 0 Å². The van der Waals surface area contributed by atoms with Crippen molar-refractivity contribution in [1.29, 1.82) is 0 Å². The third kappa shape index (κ3) is 4.06. The van der Waals surface area contributed by atoms with Crippen molar-refractivity contribution in [1.82, 2.24) is 15.5 Å². The second kappa shape index (κ2) is 6.89. The first-order chi connectivity index (χ1) is 9.29. The molecular weight excluding hydrogens is 242 g/mol. The molecule has 1 unspecified atom stereocenters. The molecule has 2 aromatic rings. The highest BCUT2D eigenvalue weighted by Crippen LogP contribution is 2.12. The first kappa shape index (κ1) is 13.5. The number of ether oxygens (including phenoxy) is 1. The molecule has 102 valence electrons. The highest BCUT2D eigenvalue weighted by atomic mass is 16.5. The van der Waals surface area contributed by atoms with E-state index in [4.69, 9.17) is 9.26 Å². The Bertz CT molecular complexity index is 484. The highest BCUT2D eigenvalue weighted by molar-refractivity contribution is 5.20. The van der Waals surface area contributed by atoms with Crippen LogP contribution in [0.15, 0.2) is 34.9 Å². The Morgan fingerprint density at radius 1 is 1.32 bits per heavy atom. The van der Waals surface area contributed by atoms with Crippen LogP contribution in [0.5, 0.6) is 5.75 Å². The van der Waals surface area contributed by atoms with E-state index < -0.39 is 0 Å². The number of benzene rings is 1. The summed E-state index contributed by atoms with van der Waals surface area (Å²) >= 11 is 0. The zero-order chi connectivity index (χ0) is 13.5. The number of para-hydroxylation sites is 1. The number of hydrogen-bond acceptors (Lipinski definition) is 5. The van der Waals surface area contributed by atoms with Crippen molar-refractivity contribution >= 4 is 0 Å². The Morgan fingerprint density at radius 3 is 2.84 bits per heavy atom. The Kier molecular flexibility index (Phi) is 4.92. The summed E-state index contributed by atoms with van der Waals surface area (Å²) in [6.07, 6.45) is 1.07. The van der Waals surface area contributed by atoms with E-state index in [1.165, 1.54) is 0 Å². The molecule has 19 heavy (non-hydrogen) atoms. The van der Waals surface area contributed by atoms with E-state index in [2.05, 4.69) is 22.4 Å². The lowest BCUT2D eigenvalue weighted by molar-refractivity contribution is 0.283. The van der Waals surface area contributed by atoms with Gasteiger partial charge in [-0.15, -0.1) is 0 Å². The molecular formula is C14H19N3O2. The summed E-state index contributed by atoms with van der Waals surface area (Å²) in [7, 11) is 0. The average molecular weight is 261 g/mol. The number of nitrogens with one attached hydrogen (secondary N) is 1. The summed E-state index contributed by atoms with van der Waals surface area (Å²) in [5.41, 5.74) is 0. The molecule has 1 atom stereocenters. The van der Waals surface area contributed by atoms with Crippen LogP contribution in [0, 0.1) is 0 Å². The molecule has 0 saturated carbocycles. The number of nitrogens with zero attached hydrogens (tertiary/aromatic N) is 2. The molecule has 0 aliphatic carbocycles. The van der Waals surface area contributed by atoms with E-state index in [0.29, 0.717) is 18.3 Å². The maximum atomic E-state index is 5.56. The van der Waals surface area contributed by atoms with Crippen molar-refractivity contribution in [3.05, 3.63) is 42.0 Å². The van der Waals surface area contributed by atoms with Crippen LogP contribution >= 0.6 is 0 Å². The van der Waals surface area contributed by atoms with E-state index in [-0.39, 0.29) is 6.04 Å². The van der Waals surface area contributed by atoms with Crippen LogP contribution in [0.1, 0.15) is 38.0 Å². The van der Waals surface area contributed by atoms with Gasteiger partial charge in [-0.2, -0.15) is 4.98 Å². The Hall–Kier alpha value is -1.88. The molecule has 1 aromatic carbocycles. The quantitative estimate of drug-likeness (QED) is 0.830. The molecule has 0 aliphatic rings. The summed E-state index contributed by atoms with van der Waals surface area (Å²) in [5, 5.41) is 7.21. The smallest absolute Gasteiger partial charge is 0.243 e. The van der Waals surface area contributed by atoms with Crippen molar-refractivity contribution in [2.24, 2.45) is 0 Å². The Labute approximate surface area is 113 Å². The van der Waals surface area contributed by atoms with Crippen molar-refractivity contribution in [2.45, 2.75) is 32.9 Å². The van der Waals surface area contributed by atoms with Gasteiger partial charge < -0.3 is 14.6 Å². The second-order valence-corrected chi connectivity index (χ2v) is 4.33. The summed E-state index contributed by atoms with van der Waals surface area (Å²) in [6.45, 7) is 5.37. The van der Waals surface area contributed by atoms with Crippen molar-refractivity contribution in [3.8, 4) is 5.75 Å². The molecule has 0 saturated heterocycles. The van der Waals surface area contributed by atoms with Gasteiger partial charge in [0.15, 0.2) is 6.61 Å². The molecule has 5 heteroatoms. The Balaban J connectivity index is 1.87. The number of aromatic nitrogens is 2. The lowest BCUT2D eigenvalue weighted by atomic mass is 10.3. The van der Waals surface area contributed by atoms with Gasteiger partial charge in [0.05, 0.1) is 6.04 Å². The SMILES string of the molecule is CCCNC(C)c1nc(COc2ccccc2)no1. The lowest BCUT2D eigenvalue weighted by Crippen LogP contribution is -2.19. The first-order valence-corrected chi connectivity index (χ1v) is 6.53. The minimum atomic E-state index is 0.0675. The van der Waals surface area contributed by atoms with Gasteiger partial charge in [0.1, 0.15) is 5.75 Å². The van der Waals surface area contributed by atoms with Gasteiger partial charge in [-0.05, 0) is 32.0 Å². The first-order valence-electron chi connectivity index (χ1n) is 6.53. The second-order valence-electron chi connectivity index (χ2n) is 4.33. The maximum Gasteiger partial charge on any atom is 0.243 e. The molecule has 0 bridgehead atoms. The minimum Gasteiger partial charge on any atom is -0.485 e. The van der Waals surface area contributed by atoms with E-state index >= 15 is 0 Å². The monoisotopic (exact) mass is 261 g/mol. The number of hydrogen-bond donors (Lipinski definition) is 1. The van der Waals surface area contributed by atoms with Gasteiger partial charge in [0.2, 0.25) is 11.7 Å². The molecule has 5 nitrogen and oxygen atoms in total. The van der Waals surface area contributed by atoms with Crippen molar-refractivity contribution < 1.29 is 9.26 Å². The highest BCUT2D eigenvalue weighted by Gasteiger charge is 2.13. The molecule has 1 heterocycles. The maximum absolute atomic E-state index is 5.56. The molecule has 0 amide bonds. The molecule has 0 spiro atoms. The van der Waals surface area contributed by atoms with Gasteiger partial charge in [-0.25, -0.2) is 0 Å². The topological polar surface area (TPSA) is 60.2 Å². The normalized spacial score (nSPS) is 12.3. The minimum absolute atomic E-state index is 0.0675. The van der Waals surface area contributed by atoms with E-state index in [1.807, 2.05) is 37.3 Å². The summed E-state index contributed by atoms with van der Waals surface area (Å²) in [4.78, 5) is 4.31. The fourth-order valence-electron chi connectivity index (χ4n) is 1.61. The predicted octanol–water partition coefficient (Wildman–Crippen LogP) is 2.71. The summed E-state index contributed by atoms with van der Waals surface area (Å²) in [6, 6.07) is 9.65. The fraction of sp³-hybridized carbons (Fsp3) is 0.429. The van der Waals surface area contributed by atoms with E-state index in [9.17, 15) is 0 Å². The standard InChI is InChI=1S/C14H19N3O2/c1-3-9-15-11(2)14-16-13(17-19-14)10-18-12-7-5-4-6-8-12/h4-8,11,15H,3,9-10H2,1-2H3. The Morgan fingerprint density at radius 2 is 2.11 bits per heavy atom. The lowest BCUT2D eigenvalue weighted by Gasteiger charge is -2.06. The predicted molar refractivity (Wildman–Crippen MR) is 71.8 cm³/mol. The third-order valence-corrected chi connectivity index (χ3v) is 2.67.